The van der Waals surface area contributed by atoms with Crippen LogP contribution in [0, 0.1) is 0 Å². The van der Waals surface area contributed by atoms with Gasteiger partial charge in [-0.05, 0) is 36.4 Å². The summed E-state index contributed by atoms with van der Waals surface area (Å²) in [5, 5.41) is 12.4. The highest BCUT2D eigenvalue weighted by atomic mass is 16.3. The number of nitrogens with zero attached hydrogens (tertiary/aromatic N) is 2. The van der Waals surface area contributed by atoms with Crippen molar-refractivity contribution in [3.8, 4) is 11.4 Å². The SMILES string of the molecule is O=c1[nH]ccn1-c1ccc(NCc2ccc(O)cn2)cc1. The molecule has 21 heavy (non-hydrogen) atoms. The molecule has 0 aliphatic rings. The molecule has 0 aliphatic heterocycles. The molecule has 6 heteroatoms. The van der Waals surface area contributed by atoms with E-state index in [0.717, 1.165) is 17.1 Å². The van der Waals surface area contributed by atoms with Gasteiger partial charge in [0.2, 0.25) is 0 Å². The normalized spacial score (nSPS) is 10.5. The Morgan fingerprint density at radius 3 is 2.62 bits per heavy atom. The maximum Gasteiger partial charge on any atom is 0.330 e. The second-order valence-electron chi connectivity index (χ2n) is 4.54. The predicted octanol–water partition coefficient (Wildman–Crippen LogP) is 1.88. The fraction of sp³-hybridized carbons (Fsp3) is 0.0667. The largest absolute Gasteiger partial charge is 0.506 e. The third kappa shape index (κ3) is 2.94. The summed E-state index contributed by atoms with van der Waals surface area (Å²) in [6.07, 6.45) is 4.70. The molecule has 3 aromatic rings. The molecule has 0 aliphatic carbocycles. The van der Waals surface area contributed by atoms with Crippen LogP contribution < -0.4 is 11.0 Å². The first-order valence-corrected chi connectivity index (χ1v) is 6.46. The Hall–Kier alpha value is -3.02. The second-order valence-corrected chi connectivity index (χ2v) is 4.54. The quantitative estimate of drug-likeness (QED) is 0.682. The lowest BCUT2D eigenvalue weighted by molar-refractivity contribution is 0.472. The number of pyridine rings is 1. The summed E-state index contributed by atoms with van der Waals surface area (Å²) in [5.74, 6) is 0.153. The molecule has 0 spiro atoms. The predicted molar refractivity (Wildman–Crippen MR) is 79.6 cm³/mol. The van der Waals surface area contributed by atoms with Crippen molar-refractivity contribution < 1.29 is 5.11 Å². The molecule has 6 nitrogen and oxygen atoms in total. The molecule has 2 aromatic heterocycles. The lowest BCUT2D eigenvalue weighted by atomic mass is 10.2. The lowest BCUT2D eigenvalue weighted by Gasteiger charge is -2.07. The van der Waals surface area contributed by atoms with E-state index in [1.165, 1.54) is 10.8 Å². The number of hydrogen-bond acceptors (Lipinski definition) is 4. The van der Waals surface area contributed by atoms with E-state index in [1.54, 1.807) is 24.5 Å². The molecule has 0 atom stereocenters. The summed E-state index contributed by atoms with van der Waals surface area (Å²) >= 11 is 0. The average Bonchev–Trinajstić information content (AvgIpc) is 2.93. The highest BCUT2D eigenvalue weighted by Gasteiger charge is 2.00. The molecule has 0 radical (unpaired) electrons. The van der Waals surface area contributed by atoms with Crippen molar-refractivity contribution >= 4 is 5.69 Å². The van der Waals surface area contributed by atoms with Crippen LogP contribution in [-0.2, 0) is 6.54 Å². The van der Waals surface area contributed by atoms with Gasteiger partial charge in [0.25, 0.3) is 0 Å². The summed E-state index contributed by atoms with van der Waals surface area (Å²) in [7, 11) is 0. The van der Waals surface area contributed by atoms with Crippen LogP contribution in [0.5, 0.6) is 5.75 Å². The Morgan fingerprint density at radius 2 is 2.00 bits per heavy atom. The van der Waals surface area contributed by atoms with Crippen molar-refractivity contribution in [3.63, 3.8) is 0 Å². The minimum Gasteiger partial charge on any atom is -0.506 e. The van der Waals surface area contributed by atoms with E-state index in [1.807, 2.05) is 24.3 Å². The topological polar surface area (TPSA) is 82.9 Å². The number of nitrogens with one attached hydrogen (secondary N) is 2. The molecule has 1 aromatic carbocycles. The maximum absolute atomic E-state index is 11.5. The Bertz CT molecular complexity index is 772. The number of H-pyrrole nitrogens is 1. The zero-order valence-electron chi connectivity index (χ0n) is 11.2. The second kappa shape index (κ2) is 5.54. The molecule has 0 bridgehead atoms. The van der Waals surface area contributed by atoms with Crippen LogP contribution in [0.1, 0.15) is 5.69 Å². The summed E-state index contributed by atoms with van der Waals surface area (Å²) in [6, 6.07) is 10.9. The standard InChI is InChI=1S/C15H14N4O2/c20-14-6-3-12(18-10-14)9-17-11-1-4-13(5-2-11)19-8-7-16-15(19)21/h1-8,10,17,20H,9H2,(H,16,21). The third-order valence-electron chi connectivity index (χ3n) is 3.08. The van der Waals surface area contributed by atoms with Crippen molar-refractivity contribution in [2.75, 3.05) is 5.32 Å². The van der Waals surface area contributed by atoms with Crippen molar-refractivity contribution in [2.45, 2.75) is 6.54 Å². The maximum atomic E-state index is 11.5. The van der Waals surface area contributed by atoms with Crippen LogP contribution in [0.2, 0.25) is 0 Å². The first-order valence-electron chi connectivity index (χ1n) is 6.46. The number of aromatic amines is 1. The van der Waals surface area contributed by atoms with Crippen molar-refractivity contribution in [1.29, 1.82) is 0 Å². The summed E-state index contributed by atoms with van der Waals surface area (Å²) in [4.78, 5) is 18.2. The zero-order valence-corrected chi connectivity index (χ0v) is 11.2. The molecular formula is C15H14N4O2. The van der Waals surface area contributed by atoms with Gasteiger partial charge >= 0.3 is 5.69 Å². The number of imidazole rings is 1. The average molecular weight is 282 g/mol. The van der Waals surface area contributed by atoms with Crippen molar-refractivity contribution in [3.05, 3.63) is 71.2 Å². The fourth-order valence-electron chi connectivity index (χ4n) is 1.98. The van der Waals surface area contributed by atoms with Crippen LogP contribution in [0.3, 0.4) is 0 Å². The number of aromatic hydroxyl groups is 1. The Kier molecular flexibility index (Phi) is 3.42. The highest BCUT2D eigenvalue weighted by molar-refractivity contribution is 5.48. The van der Waals surface area contributed by atoms with Crippen molar-refractivity contribution in [1.82, 2.24) is 14.5 Å². The van der Waals surface area contributed by atoms with Gasteiger partial charge in [-0.3, -0.25) is 9.55 Å². The van der Waals surface area contributed by atoms with E-state index < -0.39 is 0 Å². The summed E-state index contributed by atoms with van der Waals surface area (Å²) in [5.41, 5.74) is 2.40. The number of aromatic nitrogens is 3. The number of rotatable bonds is 4. The number of anilines is 1. The van der Waals surface area contributed by atoms with Gasteiger partial charge in [-0.1, -0.05) is 0 Å². The number of benzene rings is 1. The Labute approximate surface area is 120 Å². The van der Waals surface area contributed by atoms with Gasteiger partial charge in [-0.2, -0.15) is 0 Å². The van der Waals surface area contributed by atoms with Gasteiger partial charge in [-0.25, -0.2) is 4.79 Å². The minimum atomic E-state index is -0.163. The first kappa shape index (κ1) is 13.0. The molecule has 2 heterocycles. The van der Waals surface area contributed by atoms with E-state index in [9.17, 15) is 9.90 Å². The lowest BCUT2D eigenvalue weighted by Crippen LogP contribution is -2.13. The monoisotopic (exact) mass is 282 g/mol. The molecule has 3 N–H and O–H groups in total. The fourth-order valence-corrected chi connectivity index (χ4v) is 1.98. The van der Waals surface area contributed by atoms with Gasteiger partial charge in [0, 0.05) is 18.1 Å². The molecule has 0 saturated carbocycles. The van der Waals surface area contributed by atoms with Crippen molar-refractivity contribution in [2.24, 2.45) is 0 Å². The number of hydrogen-bond donors (Lipinski definition) is 3. The molecule has 106 valence electrons. The zero-order chi connectivity index (χ0) is 14.7. The Morgan fingerprint density at radius 1 is 1.19 bits per heavy atom. The van der Waals surface area contributed by atoms with Crippen LogP contribution >= 0.6 is 0 Å². The Balaban J connectivity index is 1.69. The van der Waals surface area contributed by atoms with E-state index in [4.69, 9.17) is 0 Å². The van der Waals surface area contributed by atoms with Crippen LogP contribution in [-0.4, -0.2) is 19.6 Å². The van der Waals surface area contributed by atoms with E-state index in [-0.39, 0.29) is 11.4 Å². The van der Waals surface area contributed by atoms with Crippen LogP contribution in [0.15, 0.2) is 59.8 Å². The van der Waals surface area contributed by atoms with Gasteiger partial charge in [0.15, 0.2) is 0 Å². The first-order chi connectivity index (χ1) is 10.2. The van der Waals surface area contributed by atoms with E-state index >= 15 is 0 Å². The molecular weight excluding hydrogens is 268 g/mol. The summed E-state index contributed by atoms with van der Waals surface area (Å²) in [6.45, 7) is 0.559. The summed E-state index contributed by atoms with van der Waals surface area (Å²) < 4.78 is 1.53. The van der Waals surface area contributed by atoms with Crippen LogP contribution in [0.4, 0.5) is 5.69 Å². The molecule has 0 amide bonds. The molecule has 0 unspecified atom stereocenters. The van der Waals surface area contributed by atoms with Gasteiger partial charge in [0.05, 0.1) is 24.1 Å². The van der Waals surface area contributed by atoms with E-state index in [0.29, 0.717) is 6.54 Å². The molecule has 0 saturated heterocycles. The third-order valence-corrected chi connectivity index (χ3v) is 3.08. The van der Waals surface area contributed by atoms with E-state index in [2.05, 4.69) is 15.3 Å². The molecule has 0 fully saturated rings. The van der Waals surface area contributed by atoms with Gasteiger partial charge in [-0.15, -0.1) is 0 Å². The van der Waals surface area contributed by atoms with Crippen LogP contribution in [0.25, 0.3) is 5.69 Å². The smallest absolute Gasteiger partial charge is 0.330 e. The van der Waals surface area contributed by atoms with Gasteiger partial charge < -0.3 is 15.4 Å². The minimum absolute atomic E-state index is 0.153. The van der Waals surface area contributed by atoms with Gasteiger partial charge in [0.1, 0.15) is 5.75 Å². The molecule has 3 rings (SSSR count). The highest BCUT2D eigenvalue weighted by Crippen LogP contribution is 2.13.